The van der Waals surface area contributed by atoms with Crippen LogP contribution in [0.1, 0.15) is 22.7 Å². The number of halogens is 2. The number of anilines is 1. The second-order valence-corrected chi connectivity index (χ2v) is 7.68. The van der Waals surface area contributed by atoms with Gasteiger partial charge in [0.25, 0.3) is 0 Å². The van der Waals surface area contributed by atoms with Crippen molar-refractivity contribution < 1.29 is 4.79 Å². The summed E-state index contributed by atoms with van der Waals surface area (Å²) in [4.78, 5) is 14.5. The van der Waals surface area contributed by atoms with Gasteiger partial charge in [0.05, 0.1) is 12.3 Å². The van der Waals surface area contributed by atoms with E-state index in [1.54, 1.807) is 29.2 Å². The summed E-state index contributed by atoms with van der Waals surface area (Å²) < 4.78 is 0. The van der Waals surface area contributed by atoms with Crippen molar-refractivity contribution in [2.45, 2.75) is 6.04 Å². The van der Waals surface area contributed by atoms with Gasteiger partial charge < -0.3 is 4.90 Å². The molecule has 0 N–H and O–H groups in total. The number of nitrogens with zero attached hydrogens (tertiary/aromatic N) is 3. The molecule has 1 amide bonds. The second kappa shape index (κ2) is 8.27. The van der Waals surface area contributed by atoms with Crippen molar-refractivity contribution in [1.82, 2.24) is 5.01 Å². The average Bonchev–Trinajstić information content (AvgIpc) is 2.82. The first-order valence-corrected chi connectivity index (χ1v) is 9.96. The van der Waals surface area contributed by atoms with Crippen LogP contribution in [0, 0.1) is 0 Å². The van der Waals surface area contributed by atoms with Gasteiger partial charge in [-0.15, -0.1) is 0 Å². The van der Waals surface area contributed by atoms with Gasteiger partial charge in [0, 0.05) is 33.9 Å². The number of likely N-dealkylation sites (N-methyl/N-ethyl adjacent to an activating group) is 1. The number of hydrogen-bond donors (Lipinski definition) is 0. The number of rotatable bonds is 3. The van der Waals surface area contributed by atoms with Crippen LogP contribution in [-0.4, -0.2) is 30.7 Å². The van der Waals surface area contributed by atoms with Crippen molar-refractivity contribution in [3.05, 3.63) is 99.5 Å². The summed E-state index contributed by atoms with van der Waals surface area (Å²) in [7, 11) is 1.78. The zero-order valence-electron chi connectivity index (χ0n) is 15.8. The summed E-state index contributed by atoms with van der Waals surface area (Å²) in [5.41, 5.74) is 3.56. The predicted octanol–water partition coefficient (Wildman–Crippen LogP) is 5.40. The van der Waals surface area contributed by atoms with E-state index in [0.29, 0.717) is 10.0 Å². The van der Waals surface area contributed by atoms with Gasteiger partial charge in [-0.1, -0.05) is 71.7 Å². The maximum atomic E-state index is 12.9. The number of carbonyl (C=O) groups is 1. The third-order valence-corrected chi connectivity index (χ3v) is 5.56. The molecule has 6 heteroatoms. The van der Waals surface area contributed by atoms with E-state index in [9.17, 15) is 4.79 Å². The summed E-state index contributed by atoms with van der Waals surface area (Å²) in [5, 5.41) is 7.69. The van der Waals surface area contributed by atoms with Crippen molar-refractivity contribution in [1.29, 1.82) is 0 Å². The Bertz CT molecular complexity index is 1070. The fourth-order valence-corrected chi connectivity index (χ4v) is 3.86. The Hall–Kier alpha value is -2.82. The minimum atomic E-state index is -0.266. The second-order valence-electron chi connectivity index (χ2n) is 6.83. The van der Waals surface area contributed by atoms with Gasteiger partial charge in [-0.05, 0) is 29.8 Å². The lowest BCUT2D eigenvalue weighted by Gasteiger charge is -2.28. The summed E-state index contributed by atoms with van der Waals surface area (Å²) in [6.45, 7) is 0.128. The molecule has 0 aliphatic carbocycles. The zero-order chi connectivity index (χ0) is 20.4. The molecule has 0 saturated heterocycles. The number of carbonyl (C=O) groups excluding carboxylic acids is 1. The Kier molecular flexibility index (Phi) is 5.56. The molecule has 0 saturated carbocycles. The van der Waals surface area contributed by atoms with Crippen LogP contribution in [-0.2, 0) is 4.79 Å². The van der Waals surface area contributed by atoms with Crippen LogP contribution in [0.2, 0.25) is 10.0 Å². The summed E-state index contributed by atoms with van der Waals surface area (Å²) >= 11 is 12.6. The molecule has 1 unspecified atom stereocenters. The van der Waals surface area contributed by atoms with Gasteiger partial charge >= 0.3 is 0 Å². The lowest BCUT2D eigenvalue weighted by molar-refractivity contribution is -0.119. The lowest BCUT2D eigenvalue weighted by Crippen LogP contribution is -2.34. The molecular weight excluding hydrogens is 405 g/mol. The molecule has 4 rings (SSSR count). The normalized spacial score (nSPS) is 16.8. The molecular formula is C23H19Cl2N3O. The Labute approximate surface area is 180 Å². The quantitative estimate of drug-likeness (QED) is 0.529. The van der Waals surface area contributed by atoms with E-state index < -0.39 is 0 Å². The molecule has 0 bridgehead atoms. The van der Waals surface area contributed by atoms with E-state index in [0.717, 1.165) is 22.4 Å². The average molecular weight is 424 g/mol. The standard InChI is InChI=1S/C23H19Cl2N3O/c1-27-21-12-11-18(24)13-19(21)23(16-7-3-2-4-8-16)28(15-22(27)29)26-14-17-9-5-6-10-20(17)25/h2-14,23H,15H2,1H3. The number of hydrazone groups is 1. The minimum Gasteiger partial charge on any atom is -0.314 e. The van der Waals surface area contributed by atoms with Crippen LogP contribution < -0.4 is 4.90 Å². The summed E-state index contributed by atoms with van der Waals surface area (Å²) in [5.74, 6) is -0.0525. The highest BCUT2D eigenvalue weighted by Gasteiger charge is 2.32. The van der Waals surface area contributed by atoms with Crippen molar-refractivity contribution >= 4 is 41.0 Å². The minimum absolute atomic E-state index is 0.0525. The number of fused-ring (bicyclic) bond motifs is 1. The maximum Gasteiger partial charge on any atom is 0.248 e. The van der Waals surface area contributed by atoms with E-state index in [1.807, 2.05) is 66.7 Å². The molecule has 1 heterocycles. The monoisotopic (exact) mass is 423 g/mol. The number of hydrogen-bond acceptors (Lipinski definition) is 3. The Morgan fingerprint density at radius 1 is 1.00 bits per heavy atom. The topological polar surface area (TPSA) is 35.9 Å². The summed E-state index contributed by atoms with van der Waals surface area (Å²) in [6.07, 6.45) is 1.70. The van der Waals surface area contributed by atoms with E-state index in [2.05, 4.69) is 5.10 Å². The molecule has 1 atom stereocenters. The van der Waals surface area contributed by atoms with Crippen molar-refractivity contribution in [3.63, 3.8) is 0 Å². The highest BCUT2D eigenvalue weighted by Crippen LogP contribution is 2.39. The molecule has 4 nitrogen and oxygen atoms in total. The highest BCUT2D eigenvalue weighted by molar-refractivity contribution is 6.33. The number of benzene rings is 3. The van der Waals surface area contributed by atoms with Gasteiger partial charge in [0.2, 0.25) is 5.91 Å². The lowest BCUT2D eigenvalue weighted by atomic mass is 9.97. The van der Waals surface area contributed by atoms with Crippen LogP contribution in [0.25, 0.3) is 0 Å². The Morgan fingerprint density at radius 2 is 1.72 bits per heavy atom. The van der Waals surface area contributed by atoms with Gasteiger partial charge in [-0.3, -0.25) is 9.80 Å². The van der Waals surface area contributed by atoms with Crippen molar-refractivity contribution in [2.75, 3.05) is 18.5 Å². The van der Waals surface area contributed by atoms with E-state index in [4.69, 9.17) is 23.2 Å². The Balaban J connectivity index is 1.86. The van der Waals surface area contributed by atoms with Crippen molar-refractivity contribution in [2.24, 2.45) is 5.10 Å². The zero-order valence-corrected chi connectivity index (χ0v) is 17.3. The first-order valence-electron chi connectivity index (χ1n) is 9.20. The van der Waals surface area contributed by atoms with Gasteiger partial charge in [-0.25, -0.2) is 0 Å². The first-order chi connectivity index (χ1) is 14.0. The van der Waals surface area contributed by atoms with Gasteiger partial charge in [0.1, 0.15) is 6.54 Å². The third-order valence-electron chi connectivity index (χ3n) is 4.98. The van der Waals surface area contributed by atoms with E-state index in [-0.39, 0.29) is 18.5 Å². The molecule has 29 heavy (non-hydrogen) atoms. The molecule has 1 aliphatic rings. The summed E-state index contributed by atoms with van der Waals surface area (Å²) in [6, 6.07) is 22.8. The van der Waals surface area contributed by atoms with E-state index in [1.165, 1.54) is 0 Å². The molecule has 0 spiro atoms. The smallest absolute Gasteiger partial charge is 0.248 e. The molecule has 146 valence electrons. The molecule has 0 fully saturated rings. The van der Waals surface area contributed by atoms with Gasteiger partial charge in [0.15, 0.2) is 0 Å². The Morgan fingerprint density at radius 3 is 2.48 bits per heavy atom. The largest absolute Gasteiger partial charge is 0.314 e. The van der Waals surface area contributed by atoms with Crippen LogP contribution in [0.3, 0.4) is 0 Å². The van der Waals surface area contributed by atoms with Crippen LogP contribution in [0.15, 0.2) is 77.9 Å². The molecule has 1 aliphatic heterocycles. The van der Waals surface area contributed by atoms with Crippen LogP contribution in [0.5, 0.6) is 0 Å². The molecule has 0 radical (unpaired) electrons. The van der Waals surface area contributed by atoms with Gasteiger partial charge in [-0.2, -0.15) is 5.10 Å². The third kappa shape index (κ3) is 4.00. The fourth-order valence-electron chi connectivity index (χ4n) is 3.49. The van der Waals surface area contributed by atoms with Crippen molar-refractivity contribution in [3.8, 4) is 0 Å². The SMILES string of the molecule is CN1C(=O)CN(N=Cc2ccccc2Cl)C(c2ccccc2)c2cc(Cl)ccc21. The van der Waals surface area contributed by atoms with Crippen LogP contribution >= 0.6 is 23.2 Å². The highest BCUT2D eigenvalue weighted by atomic mass is 35.5. The molecule has 3 aromatic carbocycles. The van der Waals surface area contributed by atoms with Crippen LogP contribution in [0.4, 0.5) is 5.69 Å². The first kappa shape index (κ1) is 19.5. The number of amides is 1. The molecule has 3 aromatic rings. The fraction of sp³-hybridized carbons (Fsp3) is 0.130. The maximum absolute atomic E-state index is 12.9. The molecule has 0 aromatic heterocycles. The predicted molar refractivity (Wildman–Crippen MR) is 119 cm³/mol. The van der Waals surface area contributed by atoms with E-state index >= 15 is 0 Å².